The summed E-state index contributed by atoms with van der Waals surface area (Å²) in [6, 6.07) is 5.14. The Kier molecular flexibility index (Phi) is 4.84. The fourth-order valence-corrected chi connectivity index (χ4v) is 3.88. The van der Waals surface area contributed by atoms with Gasteiger partial charge in [-0.1, -0.05) is 19.9 Å². The van der Waals surface area contributed by atoms with Crippen LogP contribution in [-0.4, -0.2) is 24.7 Å². The minimum Gasteiger partial charge on any atom is -0.480 e. The Bertz CT molecular complexity index is 661. The fraction of sp³-hybridized carbons (Fsp3) is 0.385. The van der Waals surface area contributed by atoms with E-state index in [0.717, 1.165) is 6.07 Å². The summed E-state index contributed by atoms with van der Waals surface area (Å²) in [5, 5.41) is 16.0. The van der Waals surface area contributed by atoms with Crippen LogP contribution in [0.3, 0.4) is 0 Å². The first-order valence-electron chi connectivity index (χ1n) is 5.82. The highest BCUT2D eigenvalue weighted by molar-refractivity contribution is 7.92. The standard InChI is InChI=1S/C13H14FNO4S/c1-8(2)12(13(16)17)20(18,19)7-10-4-3-9(6-15)5-11(10)14/h3-5,8,12H,7H2,1-2H3,(H,16,17). The summed E-state index contributed by atoms with van der Waals surface area (Å²) in [6.07, 6.45) is 0. The summed E-state index contributed by atoms with van der Waals surface area (Å²) in [6.45, 7) is 2.96. The summed E-state index contributed by atoms with van der Waals surface area (Å²) in [4.78, 5) is 11.0. The second-order valence-electron chi connectivity index (χ2n) is 4.73. The predicted octanol–water partition coefficient (Wildman–Crippen LogP) is 1.72. The van der Waals surface area contributed by atoms with Crippen molar-refractivity contribution in [3.8, 4) is 6.07 Å². The maximum absolute atomic E-state index is 13.7. The van der Waals surface area contributed by atoms with Crippen LogP contribution in [0.1, 0.15) is 25.0 Å². The van der Waals surface area contributed by atoms with Gasteiger partial charge in [0, 0.05) is 5.56 Å². The highest BCUT2D eigenvalue weighted by atomic mass is 32.2. The molecule has 0 heterocycles. The number of benzene rings is 1. The van der Waals surface area contributed by atoms with Crippen LogP contribution < -0.4 is 0 Å². The normalized spacial score (nSPS) is 12.9. The minimum atomic E-state index is -4.04. The molecule has 1 unspecified atom stereocenters. The van der Waals surface area contributed by atoms with Gasteiger partial charge in [-0.3, -0.25) is 4.79 Å². The number of nitrogens with zero attached hydrogens (tertiary/aromatic N) is 1. The third-order valence-electron chi connectivity index (χ3n) is 2.77. The third-order valence-corrected chi connectivity index (χ3v) is 5.01. The van der Waals surface area contributed by atoms with Crippen molar-refractivity contribution in [1.29, 1.82) is 5.26 Å². The average Bonchev–Trinajstić information content (AvgIpc) is 2.29. The average molecular weight is 299 g/mol. The second-order valence-corrected chi connectivity index (χ2v) is 6.85. The van der Waals surface area contributed by atoms with E-state index in [-0.39, 0.29) is 11.1 Å². The van der Waals surface area contributed by atoms with Gasteiger partial charge in [0.25, 0.3) is 0 Å². The number of aliphatic carboxylic acids is 1. The molecule has 1 rings (SSSR count). The molecule has 0 aromatic heterocycles. The first-order valence-corrected chi connectivity index (χ1v) is 7.53. The number of halogens is 1. The van der Waals surface area contributed by atoms with Crippen molar-refractivity contribution in [2.45, 2.75) is 24.9 Å². The van der Waals surface area contributed by atoms with Crippen molar-refractivity contribution >= 4 is 15.8 Å². The molecule has 0 saturated carbocycles. The van der Waals surface area contributed by atoms with Gasteiger partial charge in [0.15, 0.2) is 15.1 Å². The molecule has 0 bridgehead atoms. The van der Waals surface area contributed by atoms with Crippen molar-refractivity contribution in [1.82, 2.24) is 0 Å². The van der Waals surface area contributed by atoms with Gasteiger partial charge in [0.1, 0.15) is 5.82 Å². The van der Waals surface area contributed by atoms with Gasteiger partial charge in [-0.25, -0.2) is 12.8 Å². The topological polar surface area (TPSA) is 95.2 Å². The van der Waals surface area contributed by atoms with Crippen molar-refractivity contribution in [2.24, 2.45) is 5.92 Å². The molecule has 7 heteroatoms. The minimum absolute atomic E-state index is 0.0716. The van der Waals surface area contributed by atoms with Crippen molar-refractivity contribution < 1.29 is 22.7 Å². The number of sulfone groups is 1. The van der Waals surface area contributed by atoms with Crippen LogP contribution in [0.4, 0.5) is 4.39 Å². The molecule has 0 radical (unpaired) electrons. The maximum Gasteiger partial charge on any atom is 0.322 e. The van der Waals surface area contributed by atoms with E-state index in [2.05, 4.69) is 0 Å². The van der Waals surface area contributed by atoms with Gasteiger partial charge in [-0.05, 0) is 18.1 Å². The molecule has 1 aromatic carbocycles. The first kappa shape index (κ1) is 16.1. The zero-order valence-corrected chi connectivity index (χ0v) is 11.8. The van der Waals surface area contributed by atoms with E-state index in [1.807, 2.05) is 0 Å². The number of hydrogen-bond donors (Lipinski definition) is 1. The molecule has 20 heavy (non-hydrogen) atoms. The lowest BCUT2D eigenvalue weighted by Crippen LogP contribution is -2.35. The smallest absolute Gasteiger partial charge is 0.322 e. The fourth-order valence-electron chi connectivity index (χ4n) is 1.89. The lowest BCUT2D eigenvalue weighted by atomic mass is 10.1. The maximum atomic E-state index is 13.7. The lowest BCUT2D eigenvalue weighted by Gasteiger charge is -2.17. The van der Waals surface area contributed by atoms with E-state index in [1.165, 1.54) is 26.0 Å². The summed E-state index contributed by atoms with van der Waals surface area (Å²) < 4.78 is 37.8. The third kappa shape index (κ3) is 3.54. The quantitative estimate of drug-likeness (QED) is 0.893. The number of carboxylic acids is 1. The molecule has 1 aromatic rings. The van der Waals surface area contributed by atoms with Gasteiger partial charge in [-0.15, -0.1) is 0 Å². The summed E-state index contributed by atoms with van der Waals surface area (Å²) >= 11 is 0. The number of carbonyl (C=O) groups is 1. The Balaban J connectivity index is 3.14. The van der Waals surface area contributed by atoms with E-state index in [4.69, 9.17) is 10.4 Å². The Morgan fingerprint density at radius 1 is 1.45 bits per heavy atom. The second kappa shape index (κ2) is 6.01. The molecule has 0 spiro atoms. The predicted molar refractivity (Wildman–Crippen MR) is 70.0 cm³/mol. The van der Waals surface area contributed by atoms with E-state index in [1.54, 1.807) is 6.07 Å². The molecule has 0 saturated heterocycles. The van der Waals surface area contributed by atoms with Gasteiger partial charge < -0.3 is 5.11 Å². The Morgan fingerprint density at radius 3 is 2.45 bits per heavy atom. The molecule has 0 fully saturated rings. The molecule has 5 nitrogen and oxygen atoms in total. The molecule has 0 aliphatic heterocycles. The van der Waals surface area contributed by atoms with E-state index >= 15 is 0 Å². The van der Waals surface area contributed by atoms with Crippen LogP contribution in [0.25, 0.3) is 0 Å². The van der Waals surface area contributed by atoms with Crippen molar-refractivity contribution in [3.05, 3.63) is 35.1 Å². The molecule has 1 N–H and O–H groups in total. The monoisotopic (exact) mass is 299 g/mol. The Morgan fingerprint density at radius 2 is 2.05 bits per heavy atom. The molecular weight excluding hydrogens is 285 g/mol. The Hall–Kier alpha value is -1.94. The van der Waals surface area contributed by atoms with E-state index < -0.39 is 38.5 Å². The molecule has 0 aliphatic carbocycles. The number of carboxylic acid groups (broad SMARTS) is 1. The number of nitriles is 1. The number of rotatable bonds is 5. The Labute approximate surface area is 116 Å². The van der Waals surface area contributed by atoms with Gasteiger partial charge in [0.2, 0.25) is 0 Å². The van der Waals surface area contributed by atoms with Crippen LogP contribution >= 0.6 is 0 Å². The van der Waals surface area contributed by atoms with Crippen molar-refractivity contribution in [2.75, 3.05) is 0 Å². The van der Waals surface area contributed by atoms with E-state index in [0.29, 0.717) is 0 Å². The molecule has 108 valence electrons. The zero-order valence-electron chi connectivity index (χ0n) is 11.0. The van der Waals surface area contributed by atoms with Crippen molar-refractivity contribution in [3.63, 3.8) is 0 Å². The molecule has 0 amide bonds. The van der Waals surface area contributed by atoms with Gasteiger partial charge >= 0.3 is 5.97 Å². The SMILES string of the molecule is CC(C)C(C(=O)O)S(=O)(=O)Cc1ccc(C#N)cc1F. The molecule has 1 atom stereocenters. The van der Waals surface area contributed by atoms with Gasteiger partial charge in [-0.2, -0.15) is 5.26 Å². The van der Waals surface area contributed by atoms with Gasteiger partial charge in [0.05, 0.1) is 17.4 Å². The summed E-state index contributed by atoms with van der Waals surface area (Å²) in [5.74, 6) is -3.62. The lowest BCUT2D eigenvalue weighted by molar-refractivity contribution is -0.137. The van der Waals surface area contributed by atoms with Crippen LogP contribution in [0, 0.1) is 23.1 Å². The highest BCUT2D eigenvalue weighted by Crippen LogP contribution is 2.20. The summed E-state index contributed by atoms with van der Waals surface area (Å²) in [5.41, 5.74) is -0.0711. The molecule has 0 aliphatic rings. The van der Waals surface area contributed by atoms with Crippen LogP contribution in [0.15, 0.2) is 18.2 Å². The highest BCUT2D eigenvalue weighted by Gasteiger charge is 2.35. The first-order chi connectivity index (χ1) is 9.19. The zero-order chi connectivity index (χ0) is 15.5. The van der Waals surface area contributed by atoms with E-state index in [9.17, 15) is 17.6 Å². The summed E-state index contributed by atoms with van der Waals surface area (Å²) in [7, 11) is -4.04. The van der Waals surface area contributed by atoms with Crippen LogP contribution in [0.5, 0.6) is 0 Å². The number of hydrogen-bond acceptors (Lipinski definition) is 4. The molecular formula is C13H14FNO4S. The van der Waals surface area contributed by atoms with Crippen LogP contribution in [-0.2, 0) is 20.4 Å². The van der Waals surface area contributed by atoms with Crippen LogP contribution in [0.2, 0.25) is 0 Å². The largest absolute Gasteiger partial charge is 0.480 e.